The Balaban J connectivity index is 3.29. The number of halogens is 4. The van der Waals surface area contributed by atoms with Crippen molar-refractivity contribution in [2.24, 2.45) is 0 Å². The van der Waals surface area contributed by atoms with Crippen LogP contribution in [0.25, 0.3) is 0 Å². The van der Waals surface area contributed by atoms with Gasteiger partial charge in [-0.25, -0.2) is 0 Å². The Hall–Kier alpha value is -0.780. The predicted molar refractivity (Wildman–Crippen MR) is 45.1 cm³/mol. The predicted octanol–water partition coefficient (Wildman–Crippen LogP) is 2.54. The fourth-order valence-corrected chi connectivity index (χ4v) is 1.47. The van der Waals surface area contributed by atoms with Crippen LogP contribution in [0, 0.1) is 6.92 Å². The number of aromatic nitrogens is 3. The lowest BCUT2D eigenvalue weighted by atomic mass is 10.1. The van der Waals surface area contributed by atoms with Gasteiger partial charge in [-0.05, 0) is 32.4 Å². The number of aryl methyl sites for hydroxylation is 1. The number of hydrogen-bond acceptors (Lipinski definition) is 2. The van der Waals surface area contributed by atoms with Crippen molar-refractivity contribution < 1.29 is 13.2 Å². The first kappa shape index (κ1) is 11.3. The summed E-state index contributed by atoms with van der Waals surface area (Å²) in [6.07, 6.45) is -4.40. The molecule has 0 unspecified atom stereocenters. The van der Waals surface area contributed by atoms with E-state index in [1.165, 1.54) is 6.92 Å². The highest BCUT2D eigenvalue weighted by Gasteiger charge is 2.50. The fourth-order valence-electron chi connectivity index (χ4n) is 1.10. The molecule has 1 aromatic rings. The van der Waals surface area contributed by atoms with Crippen molar-refractivity contribution in [2.75, 3.05) is 0 Å². The number of nitrogens with zero attached hydrogens (tertiary/aromatic N) is 3. The third kappa shape index (κ3) is 1.58. The van der Waals surface area contributed by atoms with E-state index in [4.69, 9.17) is 11.6 Å². The van der Waals surface area contributed by atoms with Crippen molar-refractivity contribution >= 4 is 11.6 Å². The molecule has 80 valence electrons. The molecule has 1 rings (SSSR count). The number of alkyl halides is 3. The first-order valence-electron chi connectivity index (χ1n) is 3.82. The van der Waals surface area contributed by atoms with E-state index in [2.05, 4.69) is 10.2 Å². The molecular formula is C7H9ClF3N3. The molecule has 0 saturated carbocycles. The van der Waals surface area contributed by atoms with Gasteiger partial charge in [0, 0.05) is 0 Å². The van der Waals surface area contributed by atoms with Crippen LogP contribution in [0.2, 0.25) is 5.28 Å². The Morgan fingerprint density at radius 1 is 1.21 bits per heavy atom. The summed E-state index contributed by atoms with van der Waals surface area (Å²) in [7, 11) is 0. The topological polar surface area (TPSA) is 30.7 Å². The van der Waals surface area contributed by atoms with Crippen LogP contribution in [0.15, 0.2) is 0 Å². The van der Waals surface area contributed by atoms with Gasteiger partial charge >= 0.3 is 6.18 Å². The lowest BCUT2D eigenvalue weighted by Gasteiger charge is -2.30. The molecule has 0 amide bonds. The van der Waals surface area contributed by atoms with E-state index in [0.717, 1.165) is 18.4 Å². The smallest absolute Gasteiger partial charge is 0.287 e. The average molecular weight is 228 g/mol. The minimum atomic E-state index is -4.40. The quantitative estimate of drug-likeness (QED) is 0.738. The largest absolute Gasteiger partial charge is 0.411 e. The Morgan fingerprint density at radius 2 is 1.71 bits per heavy atom. The van der Waals surface area contributed by atoms with Gasteiger partial charge in [0.2, 0.25) is 5.28 Å². The lowest BCUT2D eigenvalue weighted by Crippen LogP contribution is -2.42. The summed E-state index contributed by atoms with van der Waals surface area (Å²) in [5.74, 6) is 0.136. The van der Waals surface area contributed by atoms with Crippen molar-refractivity contribution in [3.8, 4) is 0 Å². The lowest BCUT2D eigenvalue weighted by molar-refractivity contribution is -0.203. The highest BCUT2D eigenvalue weighted by Crippen LogP contribution is 2.38. The van der Waals surface area contributed by atoms with E-state index in [-0.39, 0.29) is 11.1 Å². The van der Waals surface area contributed by atoms with E-state index < -0.39 is 11.7 Å². The standard InChI is InChI=1S/C7H9ClF3N3/c1-4-12-13-5(8)14(4)6(2,3)7(9,10)11/h1-3H3. The molecule has 1 heterocycles. The summed E-state index contributed by atoms with van der Waals surface area (Å²) >= 11 is 5.52. The van der Waals surface area contributed by atoms with E-state index in [1.807, 2.05) is 0 Å². The molecule has 0 aliphatic heterocycles. The Bertz CT molecular complexity index is 323. The third-order valence-electron chi connectivity index (χ3n) is 2.04. The monoisotopic (exact) mass is 227 g/mol. The van der Waals surface area contributed by atoms with Gasteiger partial charge in [0.25, 0.3) is 0 Å². The summed E-state index contributed by atoms with van der Waals surface area (Å²) in [6, 6.07) is 0. The zero-order valence-corrected chi connectivity index (χ0v) is 8.61. The van der Waals surface area contributed by atoms with E-state index in [9.17, 15) is 13.2 Å². The summed E-state index contributed by atoms with van der Waals surface area (Å²) in [5.41, 5.74) is -2.10. The van der Waals surface area contributed by atoms with Crippen LogP contribution in [0.5, 0.6) is 0 Å². The molecular weight excluding hydrogens is 219 g/mol. The molecule has 14 heavy (non-hydrogen) atoms. The van der Waals surface area contributed by atoms with Gasteiger partial charge in [0.15, 0.2) is 0 Å². The Labute approximate surface area is 83.9 Å². The fraction of sp³-hybridized carbons (Fsp3) is 0.714. The molecule has 0 aromatic carbocycles. The molecule has 0 radical (unpaired) electrons. The van der Waals surface area contributed by atoms with Crippen molar-refractivity contribution in [2.45, 2.75) is 32.5 Å². The van der Waals surface area contributed by atoms with Crippen LogP contribution < -0.4 is 0 Å². The Kier molecular flexibility index (Phi) is 2.51. The van der Waals surface area contributed by atoms with E-state index in [1.54, 1.807) is 0 Å². The van der Waals surface area contributed by atoms with Crippen molar-refractivity contribution in [3.05, 3.63) is 11.1 Å². The molecule has 0 aliphatic carbocycles. The Morgan fingerprint density at radius 3 is 2.00 bits per heavy atom. The highest BCUT2D eigenvalue weighted by molar-refractivity contribution is 6.28. The third-order valence-corrected chi connectivity index (χ3v) is 2.28. The van der Waals surface area contributed by atoms with Crippen molar-refractivity contribution in [3.63, 3.8) is 0 Å². The number of rotatable bonds is 1. The van der Waals surface area contributed by atoms with Gasteiger partial charge < -0.3 is 0 Å². The van der Waals surface area contributed by atoms with Gasteiger partial charge in [-0.15, -0.1) is 10.2 Å². The van der Waals surface area contributed by atoms with E-state index in [0.29, 0.717) is 0 Å². The summed E-state index contributed by atoms with van der Waals surface area (Å²) < 4.78 is 38.7. The molecule has 0 bridgehead atoms. The molecule has 0 aliphatic rings. The van der Waals surface area contributed by atoms with Crippen molar-refractivity contribution in [1.29, 1.82) is 0 Å². The molecule has 0 saturated heterocycles. The van der Waals surface area contributed by atoms with Crippen LogP contribution in [-0.4, -0.2) is 20.9 Å². The van der Waals surface area contributed by atoms with Crippen LogP contribution >= 0.6 is 11.6 Å². The SMILES string of the molecule is Cc1nnc(Cl)n1C(C)(C)C(F)(F)F. The molecule has 0 N–H and O–H groups in total. The highest BCUT2D eigenvalue weighted by atomic mass is 35.5. The molecule has 0 atom stereocenters. The normalized spacial score (nSPS) is 13.4. The molecule has 0 fully saturated rings. The first-order valence-corrected chi connectivity index (χ1v) is 4.20. The zero-order chi connectivity index (χ0) is 11.1. The van der Waals surface area contributed by atoms with Gasteiger partial charge in [-0.1, -0.05) is 0 Å². The zero-order valence-electron chi connectivity index (χ0n) is 7.85. The second-order valence-electron chi connectivity index (χ2n) is 3.41. The summed E-state index contributed by atoms with van der Waals surface area (Å²) in [6.45, 7) is 3.47. The average Bonchev–Trinajstić information content (AvgIpc) is 2.28. The van der Waals surface area contributed by atoms with Gasteiger partial charge in [-0.2, -0.15) is 13.2 Å². The second kappa shape index (κ2) is 3.12. The summed E-state index contributed by atoms with van der Waals surface area (Å²) in [5, 5.41) is 6.59. The van der Waals surface area contributed by atoms with Gasteiger partial charge in [-0.3, -0.25) is 4.57 Å². The van der Waals surface area contributed by atoms with Gasteiger partial charge in [0.1, 0.15) is 11.4 Å². The second-order valence-corrected chi connectivity index (χ2v) is 3.75. The first-order chi connectivity index (χ1) is 6.18. The van der Waals surface area contributed by atoms with Crippen LogP contribution in [0.4, 0.5) is 13.2 Å². The number of hydrogen-bond donors (Lipinski definition) is 0. The molecule has 0 spiro atoms. The van der Waals surface area contributed by atoms with E-state index >= 15 is 0 Å². The maximum Gasteiger partial charge on any atom is 0.411 e. The van der Waals surface area contributed by atoms with Gasteiger partial charge in [0.05, 0.1) is 0 Å². The maximum absolute atomic E-state index is 12.6. The van der Waals surface area contributed by atoms with Crippen LogP contribution in [0.3, 0.4) is 0 Å². The van der Waals surface area contributed by atoms with Crippen LogP contribution in [0.1, 0.15) is 19.7 Å². The van der Waals surface area contributed by atoms with Crippen molar-refractivity contribution in [1.82, 2.24) is 14.8 Å². The minimum Gasteiger partial charge on any atom is -0.287 e. The molecule has 1 aromatic heterocycles. The minimum absolute atomic E-state index is 0.136. The van der Waals surface area contributed by atoms with Crippen LogP contribution in [-0.2, 0) is 5.54 Å². The molecule has 3 nitrogen and oxygen atoms in total. The maximum atomic E-state index is 12.6. The summed E-state index contributed by atoms with van der Waals surface area (Å²) in [4.78, 5) is 0. The molecule has 7 heteroatoms.